The van der Waals surface area contributed by atoms with E-state index < -0.39 is 0 Å². The number of thioether (sulfide) groups is 2. The van der Waals surface area contributed by atoms with Gasteiger partial charge in [-0.05, 0) is 49.1 Å². The van der Waals surface area contributed by atoms with E-state index in [1.807, 2.05) is 61.7 Å². The second-order valence-corrected chi connectivity index (χ2v) is 7.22. The van der Waals surface area contributed by atoms with Crippen LogP contribution in [0.3, 0.4) is 0 Å². The lowest BCUT2D eigenvalue weighted by atomic mass is 10.2. The minimum absolute atomic E-state index is 0.0314. The van der Waals surface area contributed by atoms with Crippen molar-refractivity contribution in [2.75, 3.05) is 11.6 Å². The molecule has 0 aliphatic rings. The number of anilines is 1. The van der Waals surface area contributed by atoms with Crippen molar-refractivity contribution in [2.24, 2.45) is 0 Å². The number of para-hydroxylation sites is 1. The van der Waals surface area contributed by atoms with Crippen LogP contribution in [0.1, 0.15) is 13.3 Å². The molecule has 1 amide bonds. The summed E-state index contributed by atoms with van der Waals surface area (Å²) in [4.78, 5) is 14.6. The van der Waals surface area contributed by atoms with Crippen LogP contribution in [0.4, 0.5) is 5.69 Å². The first-order chi connectivity index (χ1) is 10.6. The molecule has 2 nitrogen and oxygen atoms in total. The first-order valence-electron chi connectivity index (χ1n) is 7.00. The third-order valence-corrected chi connectivity index (χ3v) is 5.54. The van der Waals surface area contributed by atoms with Crippen molar-refractivity contribution < 1.29 is 4.79 Å². The number of hydrogen-bond acceptors (Lipinski definition) is 3. The van der Waals surface area contributed by atoms with Gasteiger partial charge >= 0.3 is 0 Å². The van der Waals surface area contributed by atoms with E-state index in [0.29, 0.717) is 5.02 Å². The van der Waals surface area contributed by atoms with Gasteiger partial charge in [-0.15, -0.1) is 23.5 Å². The second kappa shape index (κ2) is 8.51. The van der Waals surface area contributed by atoms with Gasteiger partial charge < -0.3 is 5.32 Å². The van der Waals surface area contributed by atoms with Crippen LogP contribution in [0.25, 0.3) is 0 Å². The molecule has 0 aliphatic carbocycles. The molecule has 2 aromatic carbocycles. The van der Waals surface area contributed by atoms with Crippen molar-refractivity contribution in [3.05, 3.63) is 53.6 Å². The van der Waals surface area contributed by atoms with Gasteiger partial charge in [-0.1, -0.05) is 30.7 Å². The Morgan fingerprint density at radius 3 is 2.50 bits per heavy atom. The number of amides is 1. The molecule has 0 fully saturated rings. The quantitative estimate of drug-likeness (QED) is 0.689. The van der Waals surface area contributed by atoms with E-state index in [-0.39, 0.29) is 11.2 Å². The summed E-state index contributed by atoms with van der Waals surface area (Å²) in [6.07, 6.45) is 2.77. The number of benzene rings is 2. The van der Waals surface area contributed by atoms with Gasteiger partial charge in [0, 0.05) is 14.8 Å². The molecule has 0 saturated heterocycles. The number of hydrogen-bond donors (Lipinski definition) is 1. The normalized spacial score (nSPS) is 12.0. The number of rotatable bonds is 6. The standard InChI is InChI=1S/C17H18ClNOS2/c1-3-15(22-13-10-8-12(18)9-11-13)17(20)19-14-6-4-5-7-16(14)21-2/h4-11,15H,3H2,1-2H3,(H,19,20)/t15-/m1/s1. The molecular formula is C17H18ClNOS2. The predicted molar refractivity (Wildman–Crippen MR) is 98.2 cm³/mol. The van der Waals surface area contributed by atoms with E-state index in [0.717, 1.165) is 21.9 Å². The van der Waals surface area contributed by atoms with Crippen molar-refractivity contribution in [1.82, 2.24) is 0 Å². The first kappa shape index (κ1) is 17.3. The monoisotopic (exact) mass is 351 g/mol. The molecule has 0 bridgehead atoms. The largest absolute Gasteiger partial charge is 0.324 e. The van der Waals surface area contributed by atoms with Crippen LogP contribution in [0.5, 0.6) is 0 Å². The van der Waals surface area contributed by atoms with Gasteiger partial charge in [-0.3, -0.25) is 4.79 Å². The smallest absolute Gasteiger partial charge is 0.237 e. The molecule has 0 saturated carbocycles. The Bertz CT molecular complexity index is 631. The van der Waals surface area contributed by atoms with Gasteiger partial charge in [-0.25, -0.2) is 0 Å². The average Bonchev–Trinajstić information content (AvgIpc) is 2.54. The van der Waals surface area contributed by atoms with Crippen LogP contribution in [0, 0.1) is 0 Å². The molecule has 116 valence electrons. The van der Waals surface area contributed by atoms with Crippen molar-refractivity contribution in [1.29, 1.82) is 0 Å². The van der Waals surface area contributed by atoms with E-state index in [9.17, 15) is 4.79 Å². The maximum atomic E-state index is 12.5. The Hall–Kier alpha value is -1.10. The summed E-state index contributed by atoms with van der Waals surface area (Å²) in [5.74, 6) is 0.0314. The topological polar surface area (TPSA) is 29.1 Å². The maximum Gasteiger partial charge on any atom is 0.237 e. The lowest BCUT2D eigenvalue weighted by molar-refractivity contribution is -0.115. The summed E-state index contributed by atoms with van der Waals surface area (Å²) in [6, 6.07) is 15.4. The Morgan fingerprint density at radius 2 is 1.86 bits per heavy atom. The maximum absolute atomic E-state index is 12.5. The summed E-state index contributed by atoms with van der Waals surface area (Å²) in [6.45, 7) is 2.02. The van der Waals surface area contributed by atoms with Gasteiger partial charge in [-0.2, -0.15) is 0 Å². The minimum atomic E-state index is -0.129. The van der Waals surface area contributed by atoms with Gasteiger partial charge in [0.2, 0.25) is 5.91 Å². The van der Waals surface area contributed by atoms with E-state index >= 15 is 0 Å². The molecule has 2 aromatic rings. The summed E-state index contributed by atoms with van der Waals surface area (Å²) in [7, 11) is 0. The van der Waals surface area contributed by atoms with Crippen LogP contribution in [-0.4, -0.2) is 17.4 Å². The van der Waals surface area contributed by atoms with Crippen molar-refractivity contribution in [2.45, 2.75) is 28.4 Å². The highest BCUT2D eigenvalue weighted by Gasteiger charge is 2.18. The van der Waals surface area contributed by atoms with E-state index in [4.69, 9.17) is 11.6 Å². The predicted octanol–water partition coefficient (Wildman–Crippen LogP) is 5.57. The molecule has 0 heterocycles. The molecular weight excluding hydrogens is 334 g/mol. The molecule has 0 spiro atoms. The summed E-state index contributed by atoms with van der Waals surface area (Å²) < 4.78 is 0. The van der Waals surface area contributed by atoms with Crippen LogP contribution in [0.2, 0.25) is 5.02 Å². The van der Waals surface area contributed by atoms with Gasteiger partial charge in [0.15, 0.2) is 0 Å². The fourth-order valence-corrected chi connectivity index (χ4v) is 3.59. The van der Waals surface area contributed by atoms with Gasteiger partial charge in [0.05, 0.1) is 10.9 Å². The van der Waals surface area contributed by atoms with Crippen molar-refractivity contribution in [3.8, 4) is 0 Å². The van der Waals surface area contributed by atoms with Gasteiger partial charge in [0.25, 0.3) is 0 Å². The zero-order valence-electron chi connectivity index (χ0n) is 12.5. The third-order valence-electron chi connectivity index (χ3n) is 3.12. The molecule has 1 atom stereocenters. The SMILES string of the molecule is CC[C@@H](Sc1ccc(Cl)cc1)C(=O)Nc1ccccc1SC. The van der Waals surface area contributed by atoms with Crippen molar-refractivity contribution >= 4 is 46.7 Å². The Labute approximate surface area is 145 Å². The van der Waals surface area contributed by atoms with Crippen LogP contribution in [-0.2, 0) is 4.79 Å². The molecule has 5 heteroatoms. The highest BCUT2D eigenvalue weighted by molar-refractivity contribution is 8.00. The fourth-order valence-electron chi connectivity index (χ4n) is 1.96. The molecule has 2 rings (SSSR count). The van der Waals surface area contributed by atoms with Crippen LogP contribution < -0.4 is 5.32 Å². The second-order valence-electron chi connectivity index (χ2n) is 4.66. The zero-order chi connectivity index (χ0) is 15.9. The highest BCUT2D eigenvalue weighted by Crippen LogP contribution is 2.29. The minimum Gasteiger partial charge on any atom is -0.324 e. The van der Waals surface area contributed by atoms with E-state index in [2.05, 4.69) is 5.32 Å². The molecule has 1 N–H and O–H groups in total. The van der Waals surface area contributed by atoms with Crippen molar-refractivity contribution in [3.63, 3.8) is 0 Å². The molecule has 22 heavy (non-hydrogen) atoms. The fraction of sp³-hybridized carbons (Fsp3) is 0.235. The Kier molecular flexibility index (Phi) is 6.68. The molecule has 0 radical (unpaired) electrons. The Balaban J connectivity index is 2.07. The molecule has 0 aliphatic heterocycles. The molecule has 0 aromatic heterocycles. The number of carbonyl (C=O) groups is 1. The third kappa shape index (κ3) is 4.70. The average molecular weight is 352 g/mol. The number of nitrogens with one attached hydrogen (secondary N) is 1. The summed E-state index contributed by atoms with van der Waals surface area (Å²) in [5, 5.41) is 3.61. The van der Waals surface area contributed by atoms with Crippen LogP contribution in [0.15, 0.2) is 58.3 Å². The lowest BCUT2D eigenvalue weighted by Gasteiger charge is -2.16. The number of carbonyl (C=O) groups excluding carboxylic acids is 1. The highest BCUT2D eigenvalue weighted by atomic mass is 35.5. The zero-order valence-corrected chi connectivity index (χ0v) is 14.9. The first-order valence-corrected chi connectivity index (χ1v) is 9.48. The lowest BCUT2D eigenvalue weighted by Crippen LogP contribution is -2.24. The summed E-state index contributed by atoms with van der Waals surface area (Å²) in [5.41, 5.74) is 0.871. The number of halogens is 1. The van der Waals surface area contributed by atoms with E-state index in [1.54, 1.807) is 23.5 Å². The molecule has 0 unspecified atom stereocenters. The van der Waals surface area contributed by atoms with E-state index in [1.165, 1.54) is 0 Å². The van der Waals surface area contributed by atoms with Gasteiger partial charge in [0.1, 0.15) is 0 Å². The summed E-state index contributed by atoms with van der Waals surface area (Å²) >= 11 is 9.08. The Morgan fingerprint density at radius 1 is 1.18 bits per heavy atom. The van der Waals surface area contributed by atoms with Crippen LogP contribution >= 0.6 is 35.1 Å².